The highest BCUT2D eigenvalue weighted by molar-refractivity contribution is 7.08. The van der Waals surface area contributed by atoms with E-state index in [0.717, 1.165) is 12.1 Å². The summed E-state index contributed by atoms with van der Waals surface area (Å²) in [4.78, 5) is 32.3. The SMILES string of the molecule is CN(C)CCN1C[C@@H](c2ccccc2)[C@@]2(CN(C(=O)c3ccsc3)CCO2)C1=O. The largest absolute Gasteiger partial charge is 0.361 e. The highest BCUT2D eigenvalue weighted by Gasteiger charge is 2.58. The van der Waals surface area contributed by atoms with Crippen molar-refractivity contribution < 1.29 is 14.3 Å². The molecule has 2 amide bonds. The van der Waals surface area contributed by atoms with Crippen LogP contribution in [0.1, 0.15) is 21.8 Å². The minimum atomic E-state index is -1.02. The zero-order valence-electron chi connectivity index (χ0n) is 16.9. The Balaban J connectivity index is 1.65. The van der Waals surface area contributed by atoms with Gasteiger partial charge in [0.15, 0.2) is 5.60 Å². The Hall–Kier alpha value is -2.22. The zero-order chi connectivity index (χ0) is 20.4. The Morgan fingerprint density at radius 3 is 2.76 bits per heavy atom. The van der Waals surface area contributed by atoms with Crippen LogP contribution in [0.3, 0.4) is 0 Å². The maximum Gasteiger partial charge on any atom is 0.257 e. The molecule has 7 heteroatoms. The van der Waals surface area contributed by atoms with E-state index in [2.05, 4.69) is 17.0 Å². The van der Waals surface area contributed by atoms with Gasteiger partial charge in [-0.2, -0.15) is 11.3 Å². The van der Waals surface area contributed by atoms with Crippen LogP contribution in [-0.4, -0.2) is 85.5 Å². The number of hydrogen-bond donors (Lipinski definition) is 0. The van der Waals surface area contributed by atoms with Crippen LogP contribution >= 0.6 is 11.3 Å². The highest BCUT2D eigenvalue weighted by Crippen LogP contribution is 2.42. The molecule has 0 bridgehead atoms. The predicted molar refractivity (Wildman–Crippen MR) is 113 cm³/mol. The fourth-order valence-electron chi connectivity index (χ4n) is 4.27. The standard InChI is InChI=1S/C22H27N3O3S/c1-23(2)9-10-24-14-19(17-6-4-3-5-7-17)22(21(24)27)16-25(11-12-28-22)20(26)18-8-13-29-15-18/h3-8,13,15,19H,9-12,14,16H2,1-2H3/t19-,22-/m0/s1. The molecule has 1 aromatic heterocycles. The zero-order valence-corrected chi connectivity index (χ0v) is 17.7. The molecule has 154 valence electrons. The van der Waals surface area contributed by atoms with Gasteiger partial charge in [-0.05, 0) is 31.1 Å². The second-order valence-electron chi connectivity index (χ2n) is 7.99. The molecule has 0 aliphatic carbocycles. The lowest BCUT2D eigenvalue weighted by Crippen LogP contribution is -2.59. The minimum Gasteiger partial charge on any atom is -0.361 e. The number of benzene rings is 1. The van der Waals surface area contributed by atoms with Crippen molar-refractivity contribution in [1.82, 2.24) is 14.7 Å². The fourth-order valence-corrected chi connectivity index (χ4v) is 4.90. The van der Waals surface area contributed by atoms with E-state index in [9.17, 15) is 9.59 Å². The number of carbonyl (C=O) groups is 2. The summed E-state index contributed by atoms with van der Waals surface area (Å²) in [5.41, 5.74) is 0.744. The van der Waals surface area contributed by atoms with Crippen molar-refractivity contribution in [2.45, 2.75) is 11.5 Å². The number of likely N-dealkylation sites (N-methyl/N-ethyl adjacent to an activating group) is 1. The number of carbonyl (C=O) groups excluding carboxylic acids is 2. The van der Waals surface area contributed by atoms with E-state index in [0.29, 0.717) is 38.3 Å². The highest BCUT2D eigenvalue weighted by atomic mass is 32.1. The average molecular weight is 414 g/mol. The van der Waals surface area contributed by atoms with Gasteiger partial charge in [-0.25, -0.2) is 0 Å². The maximum atomic E-state index is 13.6. The van der Waals surface area contributed by atoms with Crippen LogP contribution in [0.5, 0.6) is 0 Å². The van der Waals surface area contributed by atoms with Crippen LogP contribution in [-0.2, 0) is 9.53 Å². The van der Waals surface area contributed by atoms with Gasteiger partial charge in [0, 0.05) is 37.5 Å². The van der Waals surface area contributed by atoms with Crippen LogP contribution in [0, 0.1) is 0 Å². The fraction of sp³-hybridized carbons (Fsp3) is 0.455. The molecule has 2 saturated heterocycles. The maximum absolute atomic E-state index is 13.6. The van der Waals surface area contributed by atoms with Crippen molar-refractivity contribution >= 4 is 23.2 Å². The molecule has 3 heterocycles. The number of rotatable bonds is 5. The summed E-state index contributed by atoms with van der Waals surface area (Å²) in [7, 11) is 4.01. The van der Waals surface area contributed by atoms with Gasteiger partial charge in [0.05, 0.1) is 18.7 Å². The second kappa shape index (κ2) is 8.26. The number of morpholine rings is 1. The smallest absolute Gasteiger partial charge is 0.257 e. The summed E-state index contributed by atoms with van der Waals surface area (Å²) in [6.07, 6.45) is 0. The van der Waals surface area contributed by atoms with Crippen LogP contribution < -0.4 is 0 Å². The summed E-state index contributed by atoms with van der Waals surface area (Å²) >= 11 is 1.50. The number of amides is 2. The van der Waals surface area contributed by atoms with E-state index in [1.54, 1.807) is 4.90 Å². The van der Waals surface area contributed by atoms with Gasteiger partial charge in [0.1, 0.15) is 0 Å². The summed E-state index contributed by atoms with van der Waals surface area (Å²) in [5.74, 6) is -0.132. The van der Waals surface area contributed by atoms with Crippen molar-refractivity contribution in [2.75, 3.05) is 53.4 Å². The number of thiophene rings is 1. The molecular weight excluding hydrogens is 386 g/mol. The topological polar surface area (TPSA) is 53.1 Å². The molecule has 2 fully saturated rings. The Morgan fingerprint density at radius 2 is 2.07 bits per heavy atom. The molecule has 1 spiro atoms. The predicted octanol–water partition coefficient (Wildman–Crippen LogP) is 2.15. The van der Waals surface area contributed by atoms with Crippen molar-refractivity contribution in [3.8, 4) is 0 Å². The lowest BCUT2D eigenvalue weighted by atomic mass is 9.83. The number of ether oxygens (including phenoxy) is 1. The van der Waals surface area contributed by atoms with E-state index in [4.69, 9.17) is 4.74 Å². The third kappa shape index (κ3) is 3.82. The summed E-state index contributed by atoms with van der Waals surface area (Å²) < 4.78 is 6.24. The normalized spacial score (nSPS) is 24.7. The van der Waals surface area contributed by atoms with Crippen molar-refractivity contribution in [2.24, 2.45) is 0 Å². The van der Waals surface area contributed by atoms with Crippen molar-refractivity contribution in [3.63, 3.8) is 0 Å². The van der Waals surface area contributed by atoms with Crippen LogP contribution in [0.2, 0.25) is 0 Å². The molecule has 2 aromatic rings. The minimum absolute atomic E-state index is 0.00368. The van der Waals surface area contributed by atoms with Gasteiger partial charge in [-0.15, -0.1) is 0 Å². The molecule has 6 nitrogen and oxygen atoms in total. The van der Waals surface area contributed by atoms with E-state index >= 15 is 0 Å². The first kappa shape index (κ1) is 20.1. The molecule has 0 unspecified atom stereocenters. The van der Waals surface area contributed by atoms with Crippen LogP contribution in [0.25, 0.3) is 0 Å². The first-order valence-electron chi connectivity index (χ1n) is 9.96. The van der Waals surface area contributed by atoms with Gasteiger partial charge in [-0.3, -0.25) is 9.59 Å². The van der Waals surface area contributed by atoms with Crippen LogP contribution in [0.15, 0.2) is 47.2 Å². The average Bonchev–Trinajstić information content (AvgIpc) is 3.35. The van der Waals surface area contributed by atoms with Gasteiger partial charge in [0.2, 0.25) is 0 Å². The molecule has 0 radical (unpaired) electrons. The second-order valence-corrected chi connectivity index (χ2v) is 8.77. The number of likely N-dealkylation sites (tertiary alicyclic amines) is 1. The molecule has 2 atom stereocenters. The Bertz CT molecular complexity index is 855. The molecule has 1 aromatic carbocycles. The van der Waals surface area contributed by atoms with Gasteiger partial charge in [-0.1, -0.05) is 30.3 Å². The van der Waals surface area contributed by atoms with E-state index in [1.807, 2.05) is 54.0 Å². The molecule has 0 N–H and O–H groups in total. The lowest BCUT2D eigenvalue weighted by Gasteiger charge is -2.42. The number of hydrogen-bond acceptors (Lipinski definition) is 5. The monoisotopic (exact) mass is 413 g/mol. The quantitative estimate of drug-likeness (QED) is 0.754. The van der Waals surface area contributed by atoms with E-state index in [1.165, 1.54) is 11.3 Å². The molecule has 29 heavy (non-hydrogen) atoms. The van der Waals surface area contributed by atoms with Gasteiger partial charge in [0.25, 0.3) is 11.8 Å². The van der Waals surface area contributed by atoms with Crippen LogP contribution in [0.4, 0.5) is 0 Å². The summed E-state index contributed by atoms with van der Waals surface area (Å²) in [5, 5.41) is 3.76. The Morgan fingerprint density at radius 1 is 1.28 bits per heavy atom. The Kier molecular flexibility index (Phi) is 5.72. The first-order chi connectivity index (χ1) is 14.0. The lowest BCUT2D eigenvalue weighted by molar-refractivity contribution is -0.159. The first-order valence-corrected chi connectivity index (χ1v) is 10.9. The van der Waals surface area contributed by atoms with E-state index in [-0.39, 0.29) is 17.7 Å². The molecule has 2 aliphatic heterocycles. The van der Waals surface area contributed by atoms with Crippen molar-refractivity contribution in [3.05, 3.63) is 58.3 Å². The molecule has 0 saturated carbocycles. The third-order valence-corrected chi connectivity index (χ3v) is 6.52. The third-order valence-electron chi connectivity index (χ3n) is 5.84. The number of nitrogens with zero attached hydrogens (tertiary/aromatic N) is 3. The van der Waals surface area contributed by atoms with Gasteiger partial charge >= 0.3 is 0 Å². The summed E-state index contributed by atoms with van der Waals surface area (Å²) in [6.45, 7) is 3.21. The molecule has 2 aliphatic rings. The molecule has 4 rings (SSSR count). The molecular formula is C22H27N3O3S. The summed E-state index contributed by atoms with van der Waals surface area (Å²) in [6, 6.07) is 11.9. The van der Waals surface area contributed by atoms with Crippen molar-refractivity contribution in [1.29, 1.82) is 0 Å². The Labute approximate surface area is 175 Å². The van der Waals surface area contributed by atoms with Gasteiger partial charge < -0.3 is 19.4 Å². The van der Waals surface area contributed by atoms with E-state index < -0.39 is 5.60 Å².